The van der Waals surface area contributed by atoms with Gasteiger partial charge in [0.25, 0.3) is 0 Å². The van der Waals surface area contributed by atoms with Gasteiger partial charge >= 0.3 is 0 Å². The summed E-state index contributed by atoms with van der Waals surface area (Å²) in [6.07, 6.45) is 6.19. The molecule has 1 fully saturated rings. The largest absolute Gasteiger partial charge is 0.399 e. The van der Waals surface area contributed by atoms with E-state index in [-0.39, 0.29) is 0 Å². The predicted octanol–water partition coefficient (Wildman–Crippen LogP) is 5.51. The lowest BCUT2D eigenvalue weighted by Crippen LogP contribution is -2.12. The van der Waals surface area contributed by atoms with Crippen molar-refractivity contribution >= 4 is 17.5 Å². The Bertz CT molecular complexity index is 680. The maximum atomic E-state index is 5.58. The zero-order valence-corrected chi connectivity index (χ0v) is 15.7. The van der Waals surface area contributed by atoms with Crippen molar-refractivity contribution in [2.24, 2.45) is 0 Å². The van der Waals surface area contributed by atoms with Crippen LogP contribution in [-0.4, -0.2) is 14.1 Å². The van der Waals surface area contributed by atoms with Gasteiger partial charge in [-0.2, -0.15) is 0 Å². The van der Waals surface area contributed by atoms with Gasteiger partial charge in [-0.1, -0.05) is 41.5 Å². The highest BCUT2D eigenvalue weighted by Crippen LogP contribution is 2.27. The van der Waals surface area contributed by atoms with Gasteiger partial charge in [0.1, 0.15) is 0 Å². The highest BCUT2D eigenvalue weighted by molar-refractivity contribution is 5.59. The van der Waals surface area contributed by atoms with E-state index in [2.05, 4.69) is 70.1 Å². The van der Waals surface area contributed by atoms with E-state index in [1.165, 1.54) is 47.2 Å². The van der Waals surface area contributed by atoms with Crippen molar-refractivity contribution in [1.29, 1.82) is 0 Å². The summed E-state index contributed by atoms with van der Waals surface area (Å²) >= 11 is 0. The molecule has 3 rings (SSSR count). The lowest BCUT2D eigenvalue weighted by Gasteiger charge is -2.19. The van der Waals surface area contributed by atoms with Crippen LogP contribution < -0.4 is 10.6 Å². The Morgan fingerprint density at radius 3 is 1.88 bits per heavy atom. The first-order chi connectivity index (χ1) is 11.4. The van der Waals surface area contributed by atoms with Crippen molar-refractivity contribution in [3.8, 4) is 0 Å². The predicted molar refractivity (Wildman–Crippen MR) is 108 cm³/mol. The second-order valence-corrected chi connectivity index (χ2v) is 6.96. The molecule has 0 saturated heterocycles. The fourth-order valence-corrected chi connectivity index (χ4v) is 3.23. The number of benzene rings is 2. The van der Waals surface area contributed by atoms with E-state index in [0.717, 1.165) is 5.69 Å². The molecule has 0 atom stereocenters. The van der Waals surface area contributed by atoms with Gasteiger partial charge in [-0.25, -0.2) is 0 Å². The molecular formula is C22H30N2. The average Bonchev–Trinajstić information content (AvgIpc) is 2.44. The molecule has 0 unspecified atom stereocenters. The van der Waals surface area contributed by atoms with E-state index >= 15 is 0 Å². The van der Waals surface area contributed by atoms with Gasteiger partial charge in [0.05, 0.1) is 0 Å². The van der Waals surface area contributed by atoms with E-state index in [9.17, 15) is 0 Å². The van der Waals surface area contributed by atoms with E-state index in [1.807, 2.05) is 12.1 Å². The van der Waals surface area contributed by atoms with Crippen LogP contribution in [0.3, 0.4) is 0 Å². The van der Waals surface area contributed by atoms with Crippen LogP contribution in [-0.2, 0) is 0 Å². The second-order valence-electron chi connectivity index (χ2n) is 6.96. The van der Waals surface area contributed by atoms with Crippen LogP contribution >= 0.6 is 0 Å². The number of hydrogen-bond donors (Lipinski definition) is 1. The smallest absolute Gasteiger partial charge is 0.0420 e. The Hall–Kier alpha value is -2.22. The molecule has 2 nitrogen and oxygen atoms in total. The molecule has 1 saturated carbocycles. The number of rotatable bonds is 2. The quantitative estimate of drug-likeness (QED) is 0.738. The molecule has 24 heavy (non-hydrogen) atoms. The summed E-state index contributed by atoms with van der Waals surface area (Å²) in [4.78, 5) is 2.17. The molecule has 0 aromatic heterocycles. The maximum Gasteiger partial charge on any atom is 0.0420 e. The number of anilines is 2. The molecule has 2 aromatic carbocycles. The fourth-order valence-electron chi connectivity index (χ4n) is 3.23. The van der Waals surface area contributed by atoms with Crippen LogP contribution in [0.15, 0.2) is 42.0 Å². The van der Waals surface area contributed by atoms with Crippen molar-refractivity contribution in [3.05, 3.63) is 64.2 Å². The van der Waals surface area contributed by atoms with E-state index in [4.69, 9.17) is 5.73 Å². The minimum absolute atomic E-state index is 0.839. The SMILES string of the molecule is Cc1cc(C)c(N(C)C)c(C)c1.Nc1ccc(C=C2CCC2)cc1. The molecule has 1 aliphatic rings. The summed E-state index contributed by atoms with van der Waals surface area (Å²) in [5, 5.41) is 0. The van der Waals surface area contributed by atoms with Gasteiger partial charge in [-0.3, -0.25) is 0 Å². The number of nitrogens with zero attached hydrogens (tertiary/aromatic N) is 1. The molecule has 0 heterocycles. The monoisotopic (exact) mass is 322 g/mol. The Kier molecular flexibility index (Phi) is 6.08. The van der Waals surface area contributed by atoms with Crippen LogP contribution in [0.1, 0.15) is 41.5 Å². The highest BCUT2D eigenvalue weighted by Gasteiger charge is 2.07. The zero-order chi connectivity index (χ0) is 17.7. The molecule has 2 N–H and O–H groups in total. The number of allylic oxidation sites excluding steroid dienone is 1. The third-order valence-electron chi connectivity index (χ3n) is 4.39. The lowest BCUT2D eigenvalue weighted by molar-refractivity contribution is 0.670. The Balaban J connectivity index is 0.000000174. The third kappa shape index (κ3) is 4.89. The van der Waals surface area contributed by atoms with E-state index < -0.39 is 0 Å². The standard InChI is InChI=1S/C11H13N.C11H17N/c12-11-6-4-10(5-7-11)8-9-2-1-3-9;1-8-6-9(2)11(12(4)5)10(3)7-8/h4-8H,1-3,12H2;6-7H,1-5H3. The summed E-state index contributed by atoms with van der Waals surface area (Å²) in [7, 11) is 4.18. The maximum absolute atomic E-state index is 5.58. The average molecular weight is 322 g/mol. The normalized spacial score (nSPS) is 12.8. The Labute approximate surface area is 147 Å². The molecular weight excluding hydrogens is 292 g/mol. The molecule has 0 spiro atoms. The molecule has 1 aliphatic carbocycles. The van der Waals surface area contributed by atoms with Crippen molar-refractivity contribution in [2.75, 3.05) is 24.7 Å². The van der Waals surface area contributed by atoms with Crippen LogP contribution in [0.2, 0.25) is 0 Å². The molecule has 0 bridgehead atoms. The Morgan fingerprint density at radius 1 is 0.917 bits per heavy atom. The molecule has 0 aliphatic heterocycles. The van der Waals surface area contributed by atoms with Gasteiger partial charge in [0.2, 0.25) is 0 Å². The summed E-state index contributed by atoms with van der Waals surface area (Å²) < 4.78 is 0. The summed E-state index contributed by atoms with van der Waals surface area (Å²) in [5.41, 5.74) is 14.7. The van der Waals surface area contributed by atoms with Crippen molar-refractivity contribution < 1.29 is 0 Å². The molecule has 0 amide bonds. The summed E-state index contributed by atoms with van der Waals surface area (Å²) in [5.74, 6) is 0. The first-order valence-electron chi connectivity index (χ1n) is 8.67. The molecule has 128 valence electrons. The highest BCUT2D eigenvalue weighted by atomic mass is 15.1. The molecule has 2 heteroatoms. The number of nitrogen functional groups attached to an aromatic ring is 1. The lowest BCUT2D eigenvalue weighted by atomic mass is 9.91. The number of nitrogens with two attached hydrogens (primary N) is 1. The van der Waals surface area contributed by atoms with Gasteiger partial charge in [-0.05, 0) is 68.9 Å². The topological polar surface area (TPSA) is 29.3 Å². The fraction of sp³-hybridized carbons (Fsp3) is 0.364. The summed E-state index contributed by atoms with van der Waals surface area (Å²) in [6.45, 7) is 6.46. The first kappa shape index (κ1) is 18.1. The van der Waals surface area contributed by atoms with Crippen LogP contribution in [0.5, 0.6) is 0 Å². The van der Waals surface area contributed by atoms with Gasteiger partial charge in [-0.15, -0.1) is 0 Å². The van der Waals surface area contributed by atoms with Crippen LogP contribution in [0, 0.1) is 20.8 Å². The third-order valence-corrected chi connectivity index (χ3v) is 4.39. The zero-order valence-electron chi connectivity index (χ0n) is 15.7. The van der Waals surface area contributed by atoms with Crippen LogP contribution in [0.4, 0.5) is 11.4 Å². The number of hydrogen-bond acceptors (Lipinski definition) is 2. The van der Waals surface area contributed by atoms with Gasteiger partial charge in [0, 0.05) is 25.5 Å². The van der Waals surface area contributed by atoms with Crippen molar-refractivity contribution in [3.63, 3.8) is 0 Å². The summed E-state index contributed by atoms with van der Waals surface area (Å²) in [6, 6.07) is 12.5. The second kappa shape index (κ2) is 8.05. The van der Waals surface area contributed by atoms with E-state index in [1.54, 1.807) is 5.57 Å². The molecule has 2 aromatic rings. The van der Waals surface area contributed by atoms with Gasteiger partial charge < -0.3 is 10.6 Å². The Morgan fingerprint density at radius 2 is 1.46 bits per heavy atom. The van der Waals surface area contributed by atoms with Crippen molar-refractivity contribution in [2.45, 2.75) is 40.0 Å². The molecule has 0 radical (unpaired) electrons. The van der Waals surface area contributed by atoms with Crippen LogP contribution in [0.25, 0.3) is 6.08 Å². The van der Waals surface area contributed by atoms with E-state index in [0.29, 0.717) is 0 Å². The minimum Gasteiger partial charge on any atom is -0.399 e. The number of aryl methyl sites for hydroxylation is 3. The van der Waals surface area contributed by atoms with Gasteiger partial charge in [0.15, 0.2) is 0 Å². The van der Waals surface area contributed by atoms with Crippen molar-refractivity contribution in [1.82, 2.24) is 0 Å². The minimum atomic E-state index is 0.839. The first-order valence-corrected chi connectivity index (χ1v) is 8.67.